The third-order valence-corrected chi connectivity index (χ3v) is 5.09. The van der Waals surface area contributed by atoms with Crippen LogP contribution < -0.4 is 11.2 Å². The molecule has 2 aromatic heterocycles. The van der Waals surface area contributed by atoms with Crippen molar-refractivity contribution in [3.63, 3.8) is 0 Å². The van der Waals surface area contributed by atoms with Gasteiger partial charge in [-0.05, 0) is 29.1 Å². The van der Waals surface area contributed by atoms with E-state index in [1.807, 2.05) is 30.5 Å². The van der Waals surface area contributed by atoms with Crippen LogP contribution >= 0.6 is 0 Å². The van der Waals surface area contributed by atoms with Crippen molar-refractivity contribution in [2.75, 3.05) is 13.7 Å². The van der Waals surface area contributed by atoms with Gasteiger partial charge in [0.1, 0.15) is 18.3 Å². The molecule has 0 radical (unpaired) electrons. The molecule has 4 atom stereocenters. The number of H-pyrrole nitrogens is 2. The topological polar surface area (TPSA) is 130 Å². The fourth-order valence-corrected chi connectivity index (χ4v) is 3.62. The van der Waals surface area contributed by atoms with E-state index in [9.17, 15) is 19.8 Å². The summed E-state index contributed by atoms with van der Waals surface area (Å²) in [6.45, 7) is -0.417. The lowest BCUT2D eigenvalue weighted by Crippen LogP contribution is -2.39. The molecule has 0 aliphatic carbocycles. The van der Waals surface area contributed by atoms with Gasteiger partial charge in [-0.3, -0.25) is 14.3 Å². The Morgan fingerprint density at radius 1 is 1.29 bits per heavy atom. The molecule has 0 saturated carbocycles. The minimum absolute atomic E-state index is 0.313. The summed E-state index contributed by atoms with van der Waals surface area (Å²) in [5.41, 5.74) is 1.12. The number of methoxy groups -OCH3 is 1. The van der Waals surface area contributed by atoms with Crippen LogP contribution in [0.4, 0.5) is 0 Å². The van der Waals surface area contributed by atoms with Gasteiger partial charge in [0, 0.05) is 37.0 Å². The van der Waals surface area contributed by atoms with Gasteiger partial charge in [0.25, 0.3) is 5.56 Å². The Labute approximate surface area is 159 Å². The molecule has 0 bridgehead atoms. The number of aromatic nitrogens is 3. The standard InChI is InChI=1S/C19H21N3O6/c1-27-16-15(24)14(9-23)28-18(16)22-8-12(17(25)21-19(22)26)7-10-2-3-13-11(6-10)4-5-20-13/h2-6,8,14-16,18,20,23-24H,7,9H2,1H3,(H,21,25,26)/t14-,15?,16?,18-/m1/s1. The number of nitrogens with one attached hydrogen (secondary N) is 2. The highest BCUT2D eigenvalue weighted by Gasteiger charge is 2.45. The zero-order valence-corrected chi connectivity index (χ0v) is 15.2. The third-order valence-electron chi connectivity index (χ3n) is 5.09. The van der Waals surface area contributed by atoms with Crippen LogP contribution in [0.25, 0.3) is 10.9 Å². The Hall–Kier alpha value is -2.72. The summed E-state index contributed by atoms with van der Waals surface area (Å²) in [5.74, 6) is 0. The molecular weight excluding hydrogens is 366 g/mol. The van der Waals surface area contributed by atoms with Gasteiger partial charge in [-0.1, -0.05) is 6.07 Å². The molecule has 3 heterocycles. The monoisotopic (exact) mass is 387 g/mol. The average molecular weight is 387 g/mol. The third kappa shape index (κ3) is 3.18. The van der Waals surface area contributed by atoms with E-state index in [1.54, 1.807) is 0 Å². The normalized spacial score (nSPS) is 24.8. The molecule has 0 amide bonds. The zero-order valence-electron chi connectivity index (χ0n) is 15.2. The average Bonchev–Trinajstić information content (AvgIpc) is 3.27. The number of aromatic amines is 2. The highest BCUT2D eigenvalue weighted by atomic mass is 16.6. The Bertz CT molecular complexity index is 1100. The molecule has 148 valence electrons. The van der Waals surface area contributed by atoms with E-state index in [0.29, 0.717) is 12.0 Å². The SMILES string of the molecule is COC1C(O)[C@@H](CO)O[C@H]1n1cc(Cc2ccc3[nH]ccc3c2)c(=O)[nH]c1=O. The Morgan fingerprint density at radius 3 is 2.86 bits per heavy atom. The van der Waals surface area contributed by atoms with Crippen LogP contribution in [-0.4, -0.2) is 56.8 Å². The first-order valence-corrected chi connectivity index (χ1v) is 8.89. The fraction of sp³-hybridized carbons (Fsp3) is 0.368. The lowest BCUT2D eigenvalue weighted by atomic mass is 10.1. The van der Waals surface area contributed by atoms with E-state index in [2.05, 4.69) is 9.97 Å². The van der Waals surface area contributed by atoms with Crippen LogP contribution in [0.1, 0.15) is 17.4 Å². The van der Waals surface area contributed by atoms with Gasteiger partial charge in [-0.15, -0.1) is 0 Å². The molecule has 2 unspecified atom stereocenters. The molecule has 1 fully saturated rings. The molecule has 3 aromatic rings. The summed E-state index contributed by atoms with van der Waals surface area (Å²) in [5, 5.41) is 20.6. The molecule has 4 rings (SSSR count). The molecule has 0 spiro atoms. The van der Waals surface area contributed by atoms with Crippen molar-refractivity contribution in [1.29, 1.82) is 0 Å². The van der Waals surface area contributed by atoms with Crippen LogP contribution in [0.5, 0.6) is 0 Å². The lowest BCUT2D eigenvalue weighted by Gasteiger charge is -2.21. The van der Waals surface area contributed by atoms with Crippen molar-refractivity contribution in [3.05, 3.63) is 68.6 Å². The van der Waals surface area contributed by atoms with Gasteiger partial charge >= 0.3 is 5.69 Å². The van der Waals surface area contributed by atoms with Crippen molar-refractivity contribution in [2.24, 2.45) is 0 Å². The van der Waals surface area contributed by atoms with Gasteiger partial charge in [0.2, 0.25) is 0 Å². The number of aliphatic hydroxyl groups is 2. The summed E-state index contributed by atoms with van der Waals surface area (Å²) in [7, 11) is 1.38. The number of hydrogen-bond acceptors (Lipinski definition) is 6. The highest BCUT2D eigenvalue weighted by molar-refractivity contribution is 5.79. The molecule has 1 aliphatic heterocycles. The Balaban J connectivity index is 1.70. The maximum Gasteiger partial charge on any atom is 0.330 e. The summed E-state index contributed by atoms with van der Waals surface area (Å²) >= 11 is 0. The summed E-state index contributed by atoms with van der Waals surface area (Å²) in [6.07, 6.45) is -0.227. The number of nitrogens with zero attached hydrogens (tertiary/aromatic N) is 1. The van der Waals surface area contributed by atoms with Gasteiger partial charge < -0.3 is 24.7 Å². The predicted molar refractivity (Wildman–Crippen MR) is 100 cm³/mol. The first-order chi connectivity index (χ1) is 13.5. The van der Waals surface area contributed by atoms with Crippen LogP contribution in [0, 0.1) is 0 Å². The van der Waals surface area contributed by atoms with E-state index in [4.69, 9.17) is 9.47 Å². The molecule has 1 aromatic carbocycles. The fourth-order valence-electron chi connectivity index (χ4n) is 3.62. The largest absolute Gasteiger partial charge is 0.394 e. The maximum atomic E-state index is 12.4. The van der Waals surface area contributed by atoms with Crippen LogP contribution in [-0.2, 0) is 15.9 Å². The molecule has 9 heteroatoms. The Morgan fingerprint density at radius 2 is 2.11 bits per heavy atom. The van der Waals surface area contributed by atoms with Crippen molar-refractivity contribution in [2.45, 2.75) is 31.0 Å². The Kier molecular flexibility index (Phi) is 4.90. The van der Waals surface area contributed by atoms with Crippen LogP contribution in [0.15, 0.2) is 46.2 Å². The number of hydrogen-bond donors (Lipinski definition) is 4. The van der Waals surface area contributed by atoms with Crippen molar-refractivity contribution < 1.29 is 19.7 Å². The first-order valence-electron chi connectivity index (χ1n) is 8.89. The first kappa shape index (κ1) is 18.6. The lowest BCUT2D eigenvalue weighted by molar-refractivity contribution is -0.0626. The molecule has 28 heavy (non-hydrogen) atoms. The molecule has 1 aliphatic rings. The molecule has 4 N–H and O–H groups in total. The predicted octanol–water partition coefficient (Wildman–Crippen LogP) is -0.126. The highest BCUT2D eigenvalue weighted by Crippen LogP contribution is 2.30. The van der Waals surface area contributed by atoms with E-state index in [-0.39, 0.29) is 0 Å². The van der Waals surface area contributed by atoms with E-state index >= 15 is 0 Å². The molecule has 1 saturated heterocycles. The second-order valence-electron chi connectivity index (χ2n) is 6.84. The van der Waals surface area contributed by atoms with Gasteiger partial charge in [0.05, 0.1) is 6.61 Å². The number of ether oxygens (including phenoxy) is 2. The molecule has 9 nitrogen and oxygen atoms in total. The van der Waals surface area contributed by atoms with Gasteiger partial charge in [0.15, 0.2) is 6.23 Å². The van der Waals surface area contributed by atoms with Crippen molar-refractivity contribution in [1.82, 2.24) is 14.5 Å². The minimum Gasteiger partial charge on any atom is -0.394 e. The summed E-state index contributed by atoms with van der Waals surface area (Å²) < 4.78 is 12.1. The molecular formula is C19H21N3O6. The second kappa shape index (κ2) is 7.36. The van der Waals surface area contributed by atoms with Crippen molar-refractivity contribution >= 4 is 10.9 Å². The van der Waals surface area contributed by atoms with Gasteiger partial charge in [-0.2, -0.15) is 0 Å². The van der Waals surface area contributed by atoms with Gasteiger partial charge in [-0.25, -0.2) is 4.79 Å². The van der Waals surface area contributed by atoms with E-state index < -0.39 is 42.4 Å². The number of aliphatic hydroxyl groups excluding tert-OH is 2. The number of fused-ring (bicyclic) bond motifs is 1. The smallest absolute Gasteiger partial charge is 0.330 e. The second-order valence-corrected chi connectivity index (χ2v) is 6.84. The number of benzene rings is 1. The zero-order chi connectivity index (χ0) is 19.8. The van der Waals surface area contributed by atoms with E-state index in [0.717, 1.165) is 16.5 Å². The summed E-state index contributed by atoms with van der Waals surface area (Å²) in [6, 6.07) is 7.74. The van der Waals surface area contributed by atoms with Crippen LogP contribution in [0.2, 0.25) is 0 Å². The van der Waals surface area contributed by atoms with E-state index in [1.165, 1.54) is 17.9 Å². The number of rotatable bonds is 5. The summed E-state index contributed by atoms with van der Waals surface area (Å²) in [4.78, 5) is 30.1. The van der Waals surface area contributed by atoms with Crippen LogP contribution in [0.3, 0.4) is 0 Å². The quantitative estimate of drug-likeness (QED) is 0.483. The minimum atomic E-state index is -1.10. The maximum absolute atomic E-state index is 12.4. The van der Waals surface area contributed by atoms with Crippen molar-refractivity contribution in [3.8, 4) is 0 Å².